The van der Waals surface area contributed by atoms with E-state index >= 15 is 0 Å². The molecule has 1 aromatic carbocycles. The molecule has 1 aromatic heterocycles. The molecular formula is C22H26O3S. The van der Waals surface area contributed by atoms with Gasteiger partial charge in [0.15, 0.2) is 5.78 Å². The van der Waals surface area contributed by atoms with Crippen molar-refractivity contribution in [2.75, 3.05) is 13.2 Å². The van der Waals surface area contributed by atoms with Gasteiger partial charge in [-0.2, -0.15) is 0 Å². The van der Waals surface area contributed by atoms with Gasteiger partial charge in [-0.05, 0) is 65.8 Å². The minimum atomic E-state index is 0.0136. The Kier molecular flexibility index (Phi) is 4.44. The van der Waals surface area contributed by atoms with Crippen molar-refractivity contribution in [1.82, 2.24) is 0 Å². The largest absolute Gasteiger partial charge is 0.491 e. The first-order chi connectivity index (χ1) is 12.4. The molecule has 4 heteroatoms. The lowest BCUT2D eigenvalue weighted by atomic mass is 9.94. The Bertz CT molecular complexity index is 832. The van der Waals surface area contributed by atoms with E-state index in [0.29, 0.717) is 30.1 Å². The fourth-order valence-electron chi connectivity index (χ4n) is 4.64. The highest BCUT2D eigenvalue weighted by Gasteiger charge is 2.63. The highest BCUT2D eigenvalue weighted by molar-refractivity contribution is 7.14. The first-order valence-corrected chi connectivity index (χ1v) is 10.2. The number of benzene rings is 1. The van der Waals surface area contributed by atoms with Crippen LogP contribution in [0, 0.1) is 18.3 Å². The summed E-state index contributed by atoms with van der Waals surface area (Å²) < 4.78 is 5.37. The van der Waals surface area contributed by atoms with Crippen molar-refractivity contribution in [3.63, 3.8) is 0 Å². The zero-order valence-electron chi connectivity index (χ0n) is 15.7. The molecule has 1 saturated carbocycles. The standard InChI is InChI=1S/C22H26O3S/c1-13-19-16(12-17-20(19)22(17,2)3)21(26-13)18(24)9-6-14-4-7-15(8-5-14)25-11-10-23/h4-5,7-8,17,20,23H,6,9-12H2,1-3H3/t17-,20-/m1/s1. The van der Waals surface area contributed by atoms with E-state index < -0.39 is 0 Å². The maximum atomic E-state index is 12.8. The van der Waals surface area contributed by atoms with Gasteiger partial charge >= 0.3 is 0 Å². The molecule has 0 bridgehead atoms. The molecule has 1 N–H and O–H groups in total. The SMILES string of the molecule is Cc1sc(C(=O)CCc2ccc(OCCO)cc2)c2c1[C@H]1[C@@H](C2)C1(C)C. The summed E-state index contributed by atoms with van der Waals surface area (Å²) in [6.07, 6.45) is 2.40. The lowest BCUT2D eigenvalue weighted by Crippen LogP contribution is -2.05. The molecule has 2 aliphatic rings. The van der Waals surface area contributed by atoms with Gasteiger partial charge in [-0.25, -0.2) is 0 Å². The van der Waals surface area contributed by atoms with E-state index in [4.69, 9.17) is 9.84 Å². The van der Waals surface area contributed by atoms with Gasteiger partial charge in [-0.15, -0.1) is 11.3 Å². The summed E-state index contributed by atoms with van der Waals surface area (Å²) in [6.45, 7) is 7.22. The lowest BCUT2D eigenvalue weighted by molar-refractivity contribution is 0.0986. The smallest absolute Gasteiger partial charge is 0.173 e. The highest BCUT2D eigenvalue weighted by atomic mass is 32.1. The predicted molar refractivity (Wildman–Crippen MR) is 104 cm³/mol. The Morgan fingerprint density at radius 3 is 2.73 bits per heavy atom. The van der Waals surface area contributed by atoms with Crippen LogP contribution in [0.25, 0.3) is 0 Å². The van der Waals surface area contributed by atoms with Crippen molar-refractivity contribution in [1.29, 1.82) is 0 Å². The van der Waals surface area contributed by atoms with Gasteiger partial charge in [0, 0.05) is 11.3 Å². The van der Waals surface area contributed by atoms with Crippen LogP contribution in [0.2, 0.25) is 0 Å². The number of aliphatic hydroxyl groups excluding tert-OH is 1. The van der Waals surface area contributed by atoms with Crippen LogP contribution >= 0.6 is 11.3 Å². The lowest BCUT2D eigenvalue weighted by Gasteiger charge is -2.10. The average Bonchev–Trinajstić information content (AvgIpc) is 2.97. The summed E-state index contributed by atoms with van der Waals surface area (Å²) in [5, 5.41) is 8.79. The zero-order chi connectivity index (χ0) is 18.5. The molecule has 138 valence electrons. The molecule has 2 aliphatic carbocycles. The van der Waals surface area contributed by atoms with E-state index in [1.165, 1.54) is 16.0 Å². The molecule has 2 atom stereocenters. The normalized spacial score (nSPS) is 22.0. The number of hydrogen-bond acceptors (Lipinski definition) is 4. The summed E-state index contributed by atoms with van der Waals surface area (Å²) in [5.74, 6) is 2.47. The second-order valence-electron chi connectivity index (χ2n) is 8.13. The van der Waals surface area contributed by atoms with Crippen LogP contribution in [-0.2, 0) is 12.8 Å². The molecule has 1 heterocycles. The number of hydrogen-bond donors (Lipinski definition) is 1. The number of Topliss-reactive ketones (excluding diaryl/α,β-unsaturated/α-hetero) is 1. The molecule has 0 aliphatic heterocycles. The number of fused-ring (bicyclic) bond motifs is 3. The molecule has 3 nitrogen and oxygen atoms in total. The van der Waals surface area contributed by atoms with Crippen molar-refractivity contribution >= 4 is 17.1 Å². The summed E-state index contributed by atoms with van der Waals surface area (Å²) in [5.41, 5.74) is 4.43. The molecule has 1 fully saturated rings. The minimum absolute atomic E-state index is 0.0136. The number of carbonyl (C=O) groups is 1. The molecule has 0 spiro atoms. The second-order valence-corrected chi connectivity index (χ2v) is 9.35. The van der Waals surface area contributed by atoms with Gasteiger partial charge in [0.25, 0.3) is 0 Å². The number of aliphatic hydroxyl groups is 1. The summed E-state index contributed by atoms with van der Waals surface area (Å²) in [4.78, 5) is 15.2. The molecule has 2 aromatic rings. The van der Waals surface area contributed by atoms with Gasteiger partial charge in [0.1, 0.15) is 12.4 Å². The van der Waals surface area contributed by atoms with Gasteiger partial charge in [-0.3, -0.25) is 4.79 Å². The molecule has 26 heavy (non-hydrogen) atoms. The fourth-order valence-corrected chi connectivity index (χ4v) is 5.84. The maximum absolute atomic E-state index is 12.8. The van der Waals surface area contributed by atoms with Crippen molar-refractivity contribution in [3.8, 4) is 5.75 Å². The van der Waals surface area contributed by atoms with Crippen molar-refractivity contribution in [3.05, 3.63) is 50.7 Å². The molecule has 0 radical (unpaired) electrons. The van der Waals surface area contributed by atoms with Crippen LogP contribution in [0.15, 0.2) is 24.3 Å². The maximum Gasteiger partial charge on any atom is 0.173 e. The van der Waals surface area contributed by atoms with Crippen LogP contribution in [0.4, 0.5) is 0 Å². The van der Waals surface area contributed by atoms with Crippen molar-refractivity contribution in [2.45, 2.75) is 46.0 Å². The Balaban J connectivity index is 1.41. The molecule has 0 saturated heterocycles. The number of aryl methyl sites for hydroxylation is 2. The first kappa shape index (κ1) is 17.7. The Morgan fingerprint density at radius 2 is 2.04 bits per heavy atom. The van der Waals surface area contributed by atoms with E-state index in [1.807, 2.05) is 24.3 Å². The molecule has 4 rings (SSSR count). The van der Waals surface area contributed by atoms with Gasteiger partial charge in [0.05, 0.1) is 11.5 Å². The van der Waals surface area contributed by atoms with E-state index in [9.17, 15) is 4.79 Å². The van der Waals surface area contributed by atoms with Crippen LogP contribution in [0.5, 0.6) is 5.75 Å². The number of ketones is 1. The topological polar surface area (TPSA) is 46.5 Å². The van der Waals surface area contributed by atoms with E-state index in [-0.39, 0.29) is 6.61 Å². The summed E-state index contributed by atoms with van der Waals surface area (Å²) in [7, 11) is 0. The Hall–Kier alpha value is -1.65. The van der Waals surface area contributed by atoms with Gasteiger partial charge in [-0.1, -0.05) is 26.0 Å². The minimum Gasteiger partial charge on any atom is -0.491 e. The van der Waals surface area contributed by atoms with E-state index in [0.717, 1.165) is 34.9 Å². The zero-order valence-corrected chi connectivity index (χ0v) is 16.5. The summed E-state index contributed by atoms with van der Waals surface area (Å²) >= 11 is 1.71. The van der Waals surface area contributed by atoms with Crippen molar-refractivity contribution in [2.24, 2.45) is 11.3 Å². The highest BCUT2D eigenvalue weighted by Crippen LogP contribution is 2.71. The molecule has 0 amide bonds. The second kappa shape index (κ2) is 6.50. The number of thiophene rings is 1. The van der Waals surface area contributed by atoms with Crippen LogP contribution in [-0.4, -0.2) is 24.1 Å². The molecular weight excluding hydrogens is 344 g/mol. The van der Waals surface area contributed by atoms with Crippen molar-refractivity contribution < 1.29 is 14.6 Å². The van der Waals surface area contributed by atoms with Crippen LogP contribution < -0.4 is 4.74 Å². The van der Waals surface area contributed by atoms with Gasteiger partial charge < -0.3 is 9.84 Å². The monoisotopic (exact) mass is 370 g/mol. The fraction of sp³-hybridized carbons (Fsp3) is 0.500. The Labute approximate surface area is 159 Å². The molecule has 0 unspecified atom stereocenters. The quantitative estimate of drug-likeness (QED) is 0.728. The predicted octanol–water partition coefficient (Wildman–Crippen LogP) is 4.54. The number of rotatable bonds is 7. The number of ether oxygens (including phenoxy) is 1. The Morgan fingerprint density at radius 1 is 1.31 bits per heavy atom. The third kappa shape index (κ3) is 2.89. The summed E-state index contributed by atoms with van der Waals surface area (Å²) in [6, 6.07) is 7.81. The third-order valence-corrected chi connectivity index (χ3v) is 7.40. The third-order valence-electron chi connectivity index (χ3n) is 6.20. The number of carbonyl (C=O) groups excluding carboxylic acids is 1. The van der Waals surface area contributed by atoms with E-state index in [2.05, 4.69) is 20.8 Å². The first-order valence-electron chi connectivity index (χ1n) is 9.41. The van der Waals surface area contributed by atoms with Gasteiger partial charge in [0.2, 0.25) is 0 Å². The van der Waals surface area contributed by atoms with Crippen LogP contribution in [0.3, 0.4) is 0 Å². The average molecular weight is 371 g/mol. The van der Waals surface area contributed by atoms with E-state index in [1.54, 1.807) is 11.3 Å². The van der Waals surface area contributed by atoms with Crippen LogP contribution in [0.1, 0.15) is 57.4 Å².